The number of halogens is 4. The normalized spacial score (nSPS) is 13.6. The van der Waals surface area contributed by atoms with Crippen molar-refractivity contribution in [3.05, 3.63) is 46.0 Å². The second kappa shape index (κ2) is 4.69. The molecule has 96 valence electrons. The lowest BCUT2D eigenvalue weighted by atomic mass is 10.1. The third-order valence-electron chi connectivity index (χ3n) is 2.20. The standard InChI is InChI=1S/C10H7BrF3N3O/c11-6-4-2-1-3-5(6)7(15)8-16-9(18-17-8)10(12,13)14/h1-4,7H,15H2. The summed E-state index contributed by atoms with van der Waals surface area (Å²) in [6.45, 7) is 0. The molecule has 0 fully saturated rings. The summed E-state index contributed by atoms with van der Waals surface area (Å²) in [4.78, 5) is 3.25. The zero-order valence-corrected chi connectivity index (χ0v) is 10.4. The first-order valence-electron chi connectivity index (χ1n) is 4.80. The van der Waals surface area contributed by atoms with Gasteiger partial charge in [-0.2, -0.15) is 18.2 Å². The average molecular weight is 322 g/mol. The van der Waals surface area contributed by atoms with Gasteiger partial charge in [-0.1, -0.05) is 39.3 Å². The minimum atomic E-state index is -4.67. The topological polar surface area (TPSA) is 64.9 Å². The molecular weight excluding hydrogens is 315 g/mol. The van der Waals surface area contributed by atoms with Crippen LogP contribution in [0, 0.1) is 0 Å². The van der Waals surface area contributed by atoms with Gasteiger partial charge in [0.1, 0.15) is 0 Å². The van der Waals surface area contributed by atoms with Crippen LogP contribution in [0.5, 0.6) is 0 Å². The van der Waals surface area contributed by atoms with Crippen molar-refractivity contribution in [1.29, 1.82) is 0 Å². The van der Waals surface area contributed by atoms with Crippen molar-refractivity contribution in [3.63, 3.8) is 0 Å². The van der Waals surface area contributed by atoms with E-state index < -0.39 is 18.1 Å². The summed E-state index contributed by atoms with van der Waals surface area (Å²) in [5.74, 6) is -1.62. The van der Waals surface area contributed by atoms with Crippen molar-refractivity contribution >= 4 is 15.9 Å². The lowest BCUT2D eigenvalue weighted by Crippen LogP contribution is -2.15. The zero-order chi connectivity index (χ0) is 13.3. The molecule has 0 bridgehead atoms. The summed E-state index contributed by atoms with van der Waals surface area (Å²) in [6.07, 6.45) is -4.67. The maximum atomic E-state index is 12.3. The fourth-order valence-corrected chi connectivity index (χ4v) is 1.87. The number of hydrogen-bond donors (Lipinski definition) is 1. The Balaban J connectivity index is 2.33. The highest BCUT2D eigenvalue weighted by Crippen LogP contribution is 2.30. The van der Waals surface area contributed by atoms with E-state index in [0.29, 0.717) is 10.0 Å². The van der Waals surface area contributed by atoms with E-state index in [9.17, 15) is 13.2 Å². The van der Waals surface area contributed by atoms with Crippen molar-refractivity contribution in [2.45, 2.75) is 12.2 Å². The fourth-order valence-electron chi connectivity index (χ4n) is 1.34. The molecule has 4 nitrogen and oxygen atoms in total. The van der Waals surface area contributed by atoms with Gasteiger partial charge in [0.25, 0.3) is 0 Å². The fraction of sp³-hybridized carbons (Fsp3) is 0.200. The van der Waals surface area contributed by atoms with Crippen LogP contribution in [0.1, 0.15) is 23.3 Å². The highest BCUT2D eigenvalue weighted by atomic mass is 79.9. The first-order chi connectivity index (χ1) is 8.39. The van der Waals surface area contributed by atoms with Gasteiger partial charge in [0.15, 0.2) is 5.82 Å². The van der Waals surface area contributed by atoms with Gasteiger partial charge in [0.05, 0.1) is 6.04 Å². The molecule has 1 unspecified atom stereocenters. The van der Waals surface area contributed by atoms with Crippen molar-refractivity contribution in [1.82, 2.24) is 10.1 Å². The van der Waals surface area contributed by atoms with E-state index in [4.69, 9.17) is 5.73 Å². The molecule has 1 aromatic carbocycles. The second-order valence-electron chi connectivity index (χ2n) is 3.45. The summed E-state index contributed by atoms with van der Waals surface area (Å²) in [7, 11) is 0. The zero-order valence-electron chi connectivity index (χ0n) is 8.78. The predicted octanol–water partition coefficient (Wildman–Crippen LogP) is 2.90. The van der Waals surface area contributed by atoms with E-state index in [0.717, 1.165) is 0 Å². The smallest absolute Gasteiger partial charge is 0.329 e. The Labute approximate surface area is 108 Å². The molecule has 1 aromatic heterocycles. The summed E-state index contributed by atoms with van der Waals surface area (Å²) in [5, 5.41) is 3.25. The van der Waals surface area contributed by atoms with Gasteiger partial charge in [-0.3, -0.25) is 0 Å². The highest BCUT2D eigenvalue weighted by Gasteiger charge is 2.39. The Morgan fingerprint density at radius 1 is 1.28 bits per heavy atom. The number of aromatic nitrogens is 2. The van der Waals surface area contributed by atoms with Crippen LogP contribution in [0.3, 0.4) is 0 Å². The van der Waals surface area contributed by atoms with Crippen LogP contribution in [0.15, 0.2) is 33.3 Å². The molecule has 8 heteroatoms. The van der Waals surface area contributed by atoms with Gasteiger partial charge in [-0.05, 0) is 11.6 Å². The number of rotatable bonds is 2. The average Bonchev–Trinajstić information content (AvgIpc) is 2.77. The van der Waals surface area contributed by atoms with Crippen molar-refractivity contribution in [3.8, 4) is 0 Å². The summed E-state index contributed by atoms with van der Waals surface area (Å²) in [6, 6.07) is 5.97. The number of hydrogen-bond acceptors (Lipinski definition) is 4. The summed E-state index contributed by atoms with van der Waals surface area (Å²) in [5.41, 5.74) is 6.37. The highest BCUT2D eigenvalue weighted by molar-refractivity contribution is 9.10. The van der Waals surface area contributed by atoms with E-state index in [-0.39, 0.29) is 5.82 Å². The molecule has 1 atom stereocenters. The van der Waals surface area contributed by atoms with Gasteiger partial charge >= 0.3 is 12.1 Å². The molecule has 2 N–H and O–H groups in total. The molecule has 0 saturated carbocycles. The molecule has 0 saturated heterocycles. The van der Waals surface area contributed by atoms with Crippen LogP contribution < -0.4 is 5.73 Å². The lowest BCUT2D eigenvalue weighted by molar-refractivity contribution is -0.159. The second-order valence-corrected chi connectivity index (χ2v) is 4.31. The third kappa shape index (κ3) is 2.54. The predicted molar refractivity (Wildman–Crippen MR) is 59.5 cm³/mol. The van der Waals surface area contributed by atoms with Gasteiger partial charge in [-0.25, -0.2) is 0 Å². The van der Waals surface area contributed by atoms with Gasteiger partial charge < -0.3 is 10.3 Å². The third-order valence-corrected chi connectivity index (χ3v) is 2.92. The minimum absolute atomic E-state index is 0.214. The molecule has 0 amide bonds. The van der Waals surface area contributed by atoms with Gasteiger partial charge in [0.2, 0.25) is 0 Å². The van der Waals surface area contributed by atoms with Crippen molar-refractivity contribution in [2.24, 2.45) is 5.73 Å². The van der Waals surface area contributed by atoms with Gasteiger partial charge in [-0.15, -0.1) is 0 Å². The Morgan fingerprint density at radius 2 is 1.94 bits per heavy atom. The minimum Gasteiger partial charge on any atom is -0.329 e. The molecule has 2 aromatic rings. The maximum Gasteiger partial charge on any atom is 0.471 e. The molecule has 0 spiro atoms. The molecular formula is C10H7BrF3N3O. The molecule has 0 aliphatic rings. The molecule has 1 heterocycles. The monoisotopic (exact) mass is 321 g/mol. The first-order valence-corrected chi connectivity index (χ1v) is 5.59. The van der Waals surface area contributed by atoms with Crippen LogP contribution in [0.25, 0.3) is 0 Å². The van der Waals surface area contributed by atoms with Crippen LogP contribution in [0.2, 0.25) is 0 Å². The number of benzene rings is 1. The van der Waals surface area contributed by atoms with E-state index in [2.05, 4.69) is 30.6 Å². The number of alkyl halides is 3. The Morgan fingerprint density at radius 3 is 2.50 bits per heavy atom. The maximum absolute atomic E-state index is 12.3. The van der Waals surface area contributed by atoms with Crippen LogP contribution in [0.4, 0.5) is 13.2 Å². The molecule has 18 heavy (non-hydrogen) atoms. The van der Waals surface area contributed by atoms with E-state index in [1.165, 1.54) is 0 Å². The lowest BCUT2D eigenvalue weighted by Gasteiger charge is -2.09. The van der Waals surface area contributed by atoms with E-state index in [1.54, 1.807) is 24.3 Å². The molecule has 2 rings (SSSR count). The molecule has 0 aliphatic heterocycles. The van der Waals surface area contributed by atoms with Crippen molar-refractivity contribution < 1.29 is 17.7 Å². The van der Waals surface area contributed by atoms with E-state index in [1.807, 2.05) is 0 Å². The number of nitrogens with two attached hydrogens (primary N) is 1. The molecule has 0 aliphatic carbocycles. The Hall–Kier alpha value is -1.41. The summed E-state index contributed by atoms with van der Waals surface area (Å²) >= 11 is 3.25. The van der Waals surface area contributed by atoms with E-state index >= 15 is 0 Å². The first kappa shape index (κ1) is 13.0. The SMILES string of the molecule is NC(c1noc(C(F)(F)F)n1)c1ccccc1Br. The number of nitrogens with zero attached hydrogens (tertiary/aromatic N) is 2. The largest absolute Gasteiger partial charge is 0.471 e. The quantitative estimate of drug-likeness (QED) is 0.923. The Bertz CT molecular complexity index is 555. The van der Waals surface area contributed by atoms with Crippen LogP contribution in [-0.2, 0) is 6.18 Å². The van der Waals surface area contributed by atoms with Crippen molar-refractivity contribution in [2.75, 3.05) is 0 Å². The van der Waals surface area contributed by atoms with Crippen LogP contribution in [-0.4, -0.2) is 10.1 Å². The summed E-state index contributed by atoms with van der Waals surface area (Å²) < 4.78 is 41.7. The Kier molecular flexibility index (Phi) is 3.40. The molecule has 0 radical (unpaired) electrons. The van der Waals surface area contributed by atoms with Gasteiger partial charge in [0, 0.05) is 4.47 Å². The van der Waals surface area contributed by atoms with Crippen LogP contribution >= 0.6 is 15.9 Å².